The minimum Gasteiger partial charge on any atom is -0.271 e. The van der Waals surface area contributed by atoms with E-state index < -0.39 is 6.04 Å². The van der Waals surface area contributed by atoms with Crippen molar-refractivity contribution in [2.45, 2.75) is 6.04 Å². The Morgan fingerprint density at radius 1 is 1.35 bits per heavy atom. The number of aromatic nitrogens is 2. The number of benzene rings is 1. The monoisotopic (exact) mass is 296 g/mol. The largest absolute Gasteiger partial charge is 0.271 e. The molecule has 1 unspecified atom stereocenters. The van der Waals surface area contributed by atoms with E-state index in [2.05, 4.69) is 31.3 Å². The fourth-order valence-corrected chi connectivity index (χ4v) is 1.93. The Kier molecular flexibility index (Phi) is 3.78. The van der Waals surface area contributed by atoms with Crippen molar-refractivity contribution in [1.82, 2.24) is 15.4 Å². The van der Waals surface area contributed by atoms with Crippen LogP contribution < -0.4 is 11.3 Å². The van der Waals surface area contributed by atoms with Crippen LogP contribution in [0.25, 0.3) is 0 Å². The normalized spacial score (nSPS) is 12.4. The van der Waals surface area contributed by atoms with E-state index in [4.69, 9.17) is 5.84 Å². The third-order valence-corrected chi connectivity index (χ3v) is 2.97. The molecule has 0 fully saturated rings. The summed E-state index contributed by atoms with van der Waals surface area (Å²) in [6.07, 6.45) is 2.98. The quantitative estimate of drug-likeness (QED) is 0.671. The molecule has 0 bridgehead atoms. The van der Waals surface area contributed by atoms with Crippen LogP contribution in [0.1, 0.15) is 17.3 Å². The van der Waals surface area contributed by atoms with Crippen LogP contribution in [0, 0.1) is 5.82 Å². The molecule has 17 heavy (non-hydrogen) atoms. The summed E-state index contributed by atoms with van der Waals surface area (Å²) in [4.78, 5) is 7.87. The molecule has 6 heteroatoms. The molecule has 0 saturated heterocycles. The van der Waals surface area contributed by atoms with E-state index in [-0.39, 0.29) is 5.82 Å². The van der Waals surface area contributed by atoms with Crippen molar-refractivity contribution in [1.29, 1.82) is 0 Å². The highest BCUT2D eigenvalue weighted by Crippen LogP contribution is 2.26. The highest BCUT2D eigenvalue weighted by atomic mass is 79.9. The zero-order chi connectivity index (χ0) is 12.3. The van der Waals surface area contributed by atoms with E-state index in [1.54, 1.807) is 30.5 Å². The van der Waals surface area contributed by atoms with Crippen molar-refractivity contribution >= 4 is 15.9 Å². The van der Waals surface area contributed by atoms with Crippen LogP contribution in [0.3, 0.4) is 0 Å². The molecular formula is C11H10BrFN4. The van der Waals surface area contributed by atoms with Gasteiger partial charge >= 0.3 is 0 Å². The predicted molar refractivity (Wildman–Crippen MR) is 65.3 cm³/mol. The first kappa shape index (κ1) is 12.1. The molecule has 2 rings (SSSR count). The fraction of sp³-hybridized carbons (Fsp3) is 0.0909. The van der Waals surface area contributed by atoms with E-state index in [1.807, 2.05) is 0 Å². The molecule has 1 aromatic carbocycles. The first-order valence-electron chi connectivity index (χ1n) is 4.90. The molecule has 1 atom stereocenters. The first-order valence-corrected chi connectivity index (χ1v) is 5.69. The second-order valence-electron chi connectivity index (χ2n) is 3.38. The standard InChI is InChI=1S/C11H10BrFN4/c12-8-3-1-2-7(10(8)13)11(17-14)9-4-5-15-6-16-9/h1-6,11,17H,14H2. The Bertz CT molecular complexity index is 506. The van der Waals surface area contributed by atoms with E-state index in [9.17, 15) is 4.39 Å². The lowest BCUT2D eigenvalue weighted by molar-refractivity contribution is 0.548. The zero-order valence-corrected chi connectivity index (χ0v) is 10.4. The van der Waals surface area contributed by atoms with Crippen molar-refractivity contribution in [3.05, 3.63) is 58.3 Å². The first-order chi connectivity index (χ1) is 8.24. The Morgan fingerprint density at radius 3 is 2.82 bits per heavy atom. The van der Waals surface area contributed by atoms with Crippen LogP contribution in [-0.2, 0) is 0 Å². The van der Waals surface area contributed by atoms with Gasteiger partial charge in [-0.2, -0.15) is 0 Å². The van der Waals surface area contributed by atoms with Crippen LogP contribution in [0.4, 0.5) is 4.39 Å². The topological polar surface area (TPSA) is 63.8 Å². The Hall–Kier alpha value is -1.37. The number of halogens is 2. The number of hydrogen-bond acceptors (Lipinski definition) is 4. The lowest BCUT2D eigenvalue weighted by Gasteiger charge is -2.16. The minimum absolute atomic E-state index is 0.353. The number of nitrogens with two attached hydrogens (primary N) is 1. The SMILES string of the molecule is NNC(c1ccncn1)c1cccc(Br)c1F. The van der Waals surface area contributed by atoms with Crippen molar-refractivity contribution in [3.63, 3.8) is 0 Å². The van der Waals surface area contributed by atoms with Gasteiger partial charge in [0.05, 0.1) is 16.2 Å². The van der Waals surface area contributed by atoms with Gasteiger partial charge in [-0.1, -0.05) is 12.1 Å². The van der Waals surface area contributed by atoms with E-state index in [0.29, 0.717) is 15.7 Å². The zero-order valence-electron chi connectivity index (χ0n) is 8.77. The Balaban J connectivity index is 2.46. The maximum absolute atomic E-state index is 13.9. The van der Waals surface area contributed by atoms with Gasteiger partial charge in [-0.15, -0.1) is 0 Å². The summed E-state index contributed by atoms with van der Waals surface area (Å²) in [5.41, 5.74) is 3.59. The van der Waals surface area contributed by atoms with Crippen molar-refractivity contribution in [3.8, 4) is 0 Å². The molecule has 1 aromatic heterocycles. The second-order valence-corrected chi connectivity index (χ2v) is 4.23. The van der Waals surface area contributed by atoms with Crippen molar-refractivity contribution in [2.24, 2.45) is 5.84 Å². The predicted octanol–water partition coefficient (Wildman–Crippen LogP) is 1.93. The molecule has 0 saturated carbocycles. The molecule has 2 aromatic rings. The summed E-state index contributed by atoms with van der Waals surface area (Å²) in [6.45, 7) is 0. The lowest BCUT2D eigenvalue weighted by atomic mass is 10.0. The number of nitrogens with one attached hydrogen (secondary N) is 1. The van der Waals surface area contributed by atoms with Gasteiger partial charge in [-0.3, -0.25) is 5.84 Å². The molecule has 88 valence electrons. The summed E-state index contributed by atoms with van der Waals surface area (Å²) in [7, 11) is 0. The number of rotatable bonds is 3. The summed E-state index contributed by atoms with van der Waals surface area (Å²) in [6, 6.07) is 6.22. The summed E-state index contributed by atoms with van der Waals surface area (Å²) >= 11 is 3.14. The summed E-state index contributed by atoms with van der Waals surface area (Å²) in [5.74, 6) is 5.11. The maximum atomic E-state index is 13.9. The molecule has 0 amide bonds. The van der Waals surface area contributed by atoms with E-state index >= 15 is 0 Å². The average Bonchev–Trinajstić information content (AvgIpc) is 2.37. The third-order valence-electron chi connectivity index (χ3n) is 2.36. The van der Waals surface area contributed by atoms with Crippen molar-refractivity contribution < 1.29 is 4.39 Å². The molecule has 1 heterocycles. The van der Waals surface area contributed by atoms with Gasteiger partial charge < -0.3 is 0 Å². The highest BCUT2D eigenvalue weighted by molar-refractivity contribution is 9.10. The van der Waals surface area contributed by atoms with Gasteiger partial charge in [0.1, 0.15) is 12.1 Å². The molecule has 0 aliphatic rings. The third kappa shape index (κ3) is 2.49. The van der Waals surface area contributed by atoms with Gasteiger partial charge in [-0.25, -0.2) is 19.8 Å². The molecule has 0 radical (unpaired) electrons. The smallest absolute Gasteiger partial charge is 0.142 e. The minimum atomic E-state index is -0.504. The van der Waals surface area contributed by atoms with Gasteiger partial charge in [0.25, 0.3) is 0 Å². The number of hydrazine groups is 1. The van der Waals surface area contributed by atoms with Gasteiger partial charge in [0.2, 0.25) is 0 Å². The van der Waals surface area contributed by atoms with Gasteiger partial charge in [0.15, 0.2) is 0 Å². The molecular weight excluding hydrogens is 287 g/mol. The van der Waals surface area contributed by atoms with Gasteiger partial charge in [0, 0.05) is 11.8 Å². The summed E-state index contributed by atoms with van der Waals surface area (Å²) in [5, 5.41) is 0. The van der Waals surface area contributed by atoms with Crippen molar-refractivity contribution in [2.75, 3.05) is 0 Å². The molecule has 0 aliphatic carbocycles. The lowest BCUT2D eigenvalue weighted by Crippen LogP contribution is -2.30. The number of nitrogens with zero attached hydrogens (tertiary/aromatic N) is 2. The molecule has 3 N–H and O–H groups in total. The van der Waals surface area contributed by atoms with E-state index in [1.165, 1.54) is 6.33 Å². The maximum Gasteiger partial charge on any atom is 0.142 e. The van der Waals surface area contributed by atoms with Crippen LogP contribution in [-0.4, -0.2) is 9.97 Å². The highest BCUT2D eigenvalue weighted by Gasteiger charge is 2.18. The Labute approximate surface area is 106 Å². The fourth-order valence-electron chi connectivity index (χ4n) is 1.55. The van der Waals surface area contributed by atoms with Crippen LogP contribution in [0.5, 0.6) is 0 Å². The van der Waals surface area contributed by atoms with Crippen LogP contribution in [0.2, 0.25) is 0 Å². The van der Waals surface area contributed by atoms with E-state index in [0.717, 1.165) is 0 Å². The van der Waals surface area contributed by atoms with Crippen LogP contribution >= 0.6 is 15.9 Å². The average molecular weight is 297 g/mol. The Morgan fingerprint density at radius 2 is 2.18 bits per heavy atom. The van der Waals surface area contributed by atoms with Gasteiger partial charge in [-0.05, 0) is 28.1 Å². The molecule has 4 nitrogen and oxygen atoms in total. The molecule has 0 aliphatic heterocycles. The van der Waals surface area contributed by atoms with Crippen LogP contribution in [0.15, 0.2) is 41.3 Å². The number of hydrogen-bond donors (Lipinski definition) is 2. The summed E-state index contributed by atoms with van der Waals surface area (Å²) < 4.78 is 14.3. The second kappa shape index (κ2) is 5.31. The molecule has 0 spiro atoms.